The number of hydrogen-bond acceptors (Lipinski definition) is 10. The average Bonchev–Trinajstić information content (AvgIpc) is 3.99. The van der Waals surface area contributed by atoms with Gasteiger partial charge in [-0.3, -0.25) is 0 Å². The Kier molecular flexibility index (Phi) is 11.0. The highest BCUT2D eigenvalue weighted by molar-refractivity contribution is 5.89. The van der Waals surface area contributed by atoms with Crippen molar-refractivity contribution in [2.75, 3.05) is 0 Å². The van der Waals surface area contributed by atoms with Gasteiger partial charge in [0.1, 0.15) is 17.1 Å². The number of rotatable bonds is 14. The monoisotopic (exact) mass is 800 g/mol. The fourth-order valence-electron chi connectivity index (χ4n) is 7.67. The van der Waals surface area contributed by atoms with E-state index in [0.717, 1.165) is 45.4 Å². The molecule has 0 amide bonds. The summed E-state index contributed by atoms with van der Waals surface area (Å²) in [6, 6.07) is 46.7. The predicted molar refractivity (Wildman–Crippen MR) is 225 cm³/mol. The van der Waals surface area contributed by atoms with Crippen LogP contribution in [0.3, 0.4) is 0 Å². The van der Waals surface area contributed by atoms with Crippen molar-refractivity contribution >= 4 is 5.97 Å². The van der Waals surface area contributed by atoms with Gasteiger partial charge in [0.25, 0.3) is 0 Å². The average molecular weight is 801 g/mol. The molecule has 3 heterocycles. The standard InChI is InChI=1S/C48H44N6O6/c1-5-17-41-49-43(47(3,4)57)42(45(55)58-31-40-32(2)59-46(56)60-40)53(41)30-33-26-28-34(29-27-33)38-24-15-16-25-39(38)44-50-52-54(51-44)48(35-18-9-6-10-19-35,36-20-11-7-12-21-36)37-22-13-8-14-23-37/h6-16,18-29,57H,5,17,30-31H2,1-4H3. The SMILES string of the molecule is CCCc1nc(C(C)(C)O)c(C(=O)OCc2oc(=O)oc2C)n1Cc1ccc(-c2ccccc2-c2nnn(C(c3ccccc3)(c3ccccc3)c3ccccc3)n2)cc1. The van der Waals surface area contributed by atoms with Gasteiger partial charge in [-0.05, 0) is 65.8 Å². The molecule has 12 nitrogen and oxygen atoms in total. The number of aromatic nitrogens is 6. The number of ether oxygens (including phenoxy) is 1. The molecule has 0 atom stereocenters. The van der Waals surface area contributed by atoms with Gasteiger partial charge in [-0.1, -0.05) is 146 Å². The second-order valence-corrected chi connectivity index (χ2v) is 15.1. The lowest BCUT2D eigenvalue weighted by molar-refractivity contribution is 0.0395. The fraction of sp³-hybridized carbons (Fsp3) is 0.208. The Balaban J connectivity index is 1.14. The summed E-state index contributed by atoms with van der Waals surface area (Å²) in [4.78, 5) is 31.9. The number of carbonyl (C=O) groups is 1. The van der Waals surface area contributed by atoms with Gasteiger partial charge in [0.15, 0.2) is 29.4 Å². The minimum absolute atomic E-state index is 0.106. The molecule has 0 aliphatic heterocycles. The van der Waals surface area contributed by atoms with Crippen LogP contribution >= 0.6 is 0 Å². The maximum absolute atomic E-state index is 13.8. The van der Waals surface area contributed by atoms with E-state index in [1.807, 2.05) is 110 Å². The van der Waals surface area contributed by atoms with E-state index in [9.17, 15) is 14.7 Å². The second-order valence-electron chi connectivity index (χ2n) is 15.1. The molecule has 0 unspecified atom stereocenters. The Bertz CT molecular complexity index is 2690. The number of carbonyl (C=O) groups excluding carboxylic acids is 1. The molecule has 3 aromatic heterocycles. The van der Waals surface area contributed by atoms with E-state index in [1.54, 1.807) is 30.1 Å². The van der Waals surface area contributed by atoms with Crippen LogP contribution in [-0.4, -0.2) is 40.8 Å². The fourth-order valence-corrected chi connectivity index (χ4v) is 7.67. The van der Waals surface area contributed by atoms with Crippen LogP contribution in [0.5, 0.6) is 0 Å². The van der Waals surface area contributed by atoms with Crippen LogP contribution in [-0.2, 0) is 35.4 Å². The summed E-state index contributed by atoms with van der Waals surface area (Å²) in [5.41, 5.74) is 4.46. The van der Waals surface area contributed by atoms with Crippen LogP contribution in [0.1, 0.15) is 83.0 Å². The van der Waals surface area contributed by atoms with Crippen LogP contribution in [0.15, 0.2) is 153 Å². The Morgan fingerprint density at radius 1 is 0.767 bits per heavy atom. The molecule has 8 rings (SSSR count). The summed E-state index contributed by atoms with van der Waals surface area (Å²) >= 11 is 0. The third-order valence-corrected chi connectivity index (χ3v) is 10.5. The van der Waals surface area contributed by atoms with Gasteiger partial charge in [0.05, 0.1) is 0 Å². The van der Waals surface area contributed by atoms with Crippen LogP contribution in [0.25, 0.3) is 22.5 Å². The smallest absolute Gasteiger partial charge is 0.453 e. The first-order valence-corrected chi connectivity index (χ1v) is 19.8. The van der Waals surface area contributed by atoms with E-state index in [0.29, 0.717) is 18.1 Å². The molecular formula is C48H44N6O6. The summed E-state index contributed by atoms with van der Waals surface area (Å²) < 4.78 is 17.4. The lowest BCUT2D eigenvalue weighted by Crippen LogP contribution is -2.39. The number of imidazole rings is 1. The Morgan fingerprint density at radius 3 is 1.87 bits per heavy atom. The Labute approximate surface area is 346 Å². The van der Waals surface area contributed by atoms with Gasteiger partial charge in [0, 0.05) is 18.5 Å². The highest BCUT2D eigenvalue weighted by Gasteiger charge is 2.41. The third-order valence-electron chi connectivity index (χ3n) is 10.5. The molecule has 302 valence electrons. The van der Waals surface area contributed by atoms with E-state index < -0.39 is 22.9 Å². The van der Waals surface area contributed by atoms with Gasteiger partial charge in [-0.25, -0.2) is 14.6 Å². The van der Waals surface area contributed by atoms with Crippen molar-refractivity contribution in [2.45, 2.75) is 64.8 Å². The summed E-state index contributed by atoms with van der Waals surface area (Å²) in [6.07, 6.45) is 1.32. The minimum Gasteiger partial charge on any atom is -0.453 e. The van der Waals surface area contributed by atoms with Crippen LogP contribution in [0, 0.1) is 6.92 Å². The minimum atomic E-state index is -1.45. The number of esters is 1. The normalized spacial score (nSPS) is 11.8. The highest BCUT2D eigenvalue weighted by atomic mass is 16.6. The highest BCUT2D eigenvalue weighted by Crippen LogP contribution is 2.40. The molecule has 0 saturated heterocycles. The number of tetrazole rings is 1. The van der Waals surface area contributed by atoms with Crippen molar-refractivity contribution in [3.8, 4) is 22.5 Å². The molecule has 0 radical (unpaired) electrons. The zero-order chi connectivity index (χ0) is 41.9. The molecule has 5 aromatic carbocycles. The maximum atomic E-state index is 13.8. The third kappa shape index (κ3) is 7.60. The van der Waals surface area contributed by atoms with E-state index in [4.69, 9.17) is 34.0 Å². The van der Waals surface area contributed by atoms with Crippen molar-refractivity contribution in [1.29, 1.82) is 0 Å². The second kappa shape index (κ2) is 16.6. The van der Waals surface area contributed by atoms with Gasteiger partial charge >= 0.3 is 11.8 Å². The summed E-state index contributed by atoms with van der Waals surface area (Å²) in [5, 5.41) is 25.8. The molecule has 8 aromatic rings. The first-order valence-electron chi connectivity index (χ1n) is 19.8. The molecule has 60 heavy (non-hydrogen) atoms. The molecule has 0 spiro atoms. The van der Waals surface area contributed by atoms with Crippen molar-refractivity contribution in [3.63, 3.8) is 0 Å². The van der Waals surface area contributed by atoms with Crippen LogP contribution in [0.4, 0.5) is 0 Å². The number of aryl methyl sites for hydroxylation is 2. The number of nitrogens with zero attached hydrogens (tertiary/aromatic N) is 6. The Morgan fingerprint density at radius 2 is 1.33 bits per heavy atom. The van der Waals surface area contributed by atoms with E-state index in [1.165, 1.54) is 0 Å². The van der Waals surface area contributed by atoms with Gasteiger partial charge < -0.3 is 23.2 Å². The summed E-state index contributed by atoms with van der Waals surface area (Å²) in [7, 11) is 0. The Hall–Kier alpha value is -7.18. The molecule has 0 saturated carbocycles. The first kappa shape index (κ1) is 39.6. The van der Waals surface area contributed by atoms with Gasteiger partial charge in [-0.15, -0.1) is 15.0 Å². The first-order chi connectivity index (χ1) is 29.1. The van der Waals surface area contributed by atoms with Crippen LogP contribution < -0.4 is 5.82 Å². The number of hydrogen-bond donors (Lipinski definition) is 1. The molecule has 0 fully saturated rings. The molecule has 0 bridgehead atoms. The maximum Gasteiger partial charge on any atom is 0.519 e. The zero-order valence-electron chi connectivity index (χ0n) is 33.8. The number of benzene rings is 5. The van der Waals surface area contributed by atoms with Crippen LogP contribution in [0.2, 0.25) is 0 Å². The van der Waals surface area contributed by atoms with Gasteiger partial charge in [-0.2, -0.15) is 0 Å². The lowest BCUT2D eigenvalue weighted by Gasteiger charge is -2.34. The van der Waals surface area contributed by atoms with Crippen molar-refractivity contribution in [1.82, 2.24) is 29.8 Å². The molecule has 0 aliphatic rings. The molecule has 1 N–H and O–H groups in total. The molecular weight excluding hydrogens is 757 g/mol. The van der Waals surface area contributed by atoms with Crippen molar-refractivity contribution < 1.29 is 23.5 Å². The van der Waals surface area contributed by atoms with Crippen molar-refractivity contribution in [2.24, 2.45) is 0 Å². The lowest BCUT2D eigenvalue weighted by atomic mass is 9.77. The zero-order valence-corrected chi connectivity index (χ0v) is 33.8. The van der Waals surface area contributed by atoms with Crippen molar-refractivity contribution in [3.05, 3.63) is 201 Å². The largest absolute Gasteiger partial charge is 0.519 e. The summed E-state index contributed by atoms with van der Waals surface area (Å²) in [5.74, 6) is -0.166. The molecule has 12 heteroatoms. The quantitative estimate of drug-likeness (QED) is 0.0838. The molecule has 0 aliphatic carbocycles. The van der Waals surface area contributed by atoms with Gasteiger partial charge in [0.2, 0.25) is 5.82 Å². The predicted octanol–water partition coefficient (Wildman–Crippen LogP) is 8.48. The van der Waals surface area contributed by atoms with E-state index >= 15 is 0 Å². The van der Waals surface area contributed by atoms with E-state index in [2.05, 4.69) is 36.4 Å². The number of aliphatic hydroxyl groups is 1. The summed E-state index contributed by atoms with van der Waals surface area (Å²) in [6.45, 7) is 6.69. The van der Waals surface area contributed by atoms with E-state index in [-0.39, 0.29) is 36.1 Å². The topological polar surface area (TPSA) is 151 Å².